The van der Waals surface area contributed by atoms with Gasteiger partial charge < -0.3 is 15.0 Å². The van der Waals surface area contributed by atoms with Crippen molar-refractivity contribution in [3.8, 4) is 0 Å². The third-order valence-electron chi connectivity index (χ3n) is 5.38. The van der Waals surface area contributed by atoms with Crippen molar-refractivity contribution in [1.29, 1.82) is 0 Å². The largest absolute Gasteiger partial charge is 0.480 e. The minimum atomic E-state index is -3.42. The topological polar surface area (TPSA) is 183 Å². The number of H-pyrrole nitrogens is 1. The van der Waals surface area contributed by atoms with Crippen molar-refractivity contribution in [2.45, 2.75) is 50.4 Å². The van der Waals surface area contributed by atoms with Gasteiger partial charge >= 0.3 is 5.97 Å². The molecule has 2 aromatic rings. The average molecular weight is 466 g/mol. The van der Waals surface area contributed by atoms with Crippen LogP contribution in [0.1, 0.15) is 43.2 Å². The number of aromatic nitrogens is 3. The highest BCUT2D eigenvalue weighted by Crippen LogP contribution is 2.29. The van der Waals surface area contributed by atoms with E-state index in [4.69, 9.17) is 0 Å². The van der Waals surface area contributed by atoms with Crippen LogP contribution in [0.5, 0.6) is 0 Å². The first-order valence-electron chi connectivity index (χ1n) is 9.64. The van der Waals surface area contributed by atoms with Gasteiger partial charge in [-0.15, -0.1) is 0 Å². The van der Waals surface area contributed by atoms with Gasteiger partial charge in [-0.2, -0.15) is 14.7 Å². The first-order valence-corrected chi connectivity index (χ1v) is 10.8. The second-order valence-corrected chi connectivity index (χ2v) is 9.06. The number of hydrogen-bond acceptors (Lipinski definition) is 8. The summed E-state index contributed by atoms with van der Waals surface area (Å²) < 4.78 is 23.0. The van der Waals surface area contributed by atoms with Gasteiger partial charge in [0.15, 0.2) is 16.7 Å². The minimum absolute atomic E-state index is 0.105. The first kappa shape index (κ1) is 23.1. The lowest BCUT2D eigenvalue weighted by molar-refractivity contribution is -0.161. The molecule has 1 aliphatic rings. The molecule has 3 atom stereocenters. The Morgan fingerprint density at radius 1 is 1.47 bits per heavy atom. The lowest BCUT2D eigenvalue weighted by atomic mass is 9.92. The van der Waals surface area contributed by atoms with Crippen LogP contribution in [-0.4, -0.2) is 73.9 Å². The van der Waals surface area contributed by atoms with Crippen molar-refractivity contribution in [3.05, 3.63) is 33.9 Å². The van der Waals surface area contributed by atoms with Gasteiger partial charge in [0.1, 0.15) is 16.1 Å². The van der Waals surface area contributed by atoms with E-state index in [-0.39, 0.29) is 12.1 Å². The number of rotatable bonds is 8. The lowest BCUT2D eigenvalue weighted by Gasteiger charge is -2.45. The Hall–Kier alpha value is -3.55. The standard InChI is InChI=1S/C18H22N6O7S/c1-4-10-7-20-24-13(26)6-11(21-15(10)24)16(27)22-19-8-18(3,32(30)31)14(17(28)29)23-9(2)5-12(23)25/h6-9,14,21,32H,4-5H2,1-3H3,(H,22,27)(H,28,29)/b19-8+/t9-,14+,18+/m1/s1. The van der Waals surface area contributed by atoms with Crippen LogP contribution >= 0.6 is 0 Å². The zero-order valence-corrected chi connectivity index (χ0v) is 18.3. The maximum atomic E-state index is 12.5. The smallest absolute Gasteiger partial charge is 0.328 e. The van der Waals surface area contributed by atoms with Gasteiger partial charge in [0.05, 0.1) is 6.20 Å². The van der Waals surface area contributed by atoms with Crippen LogP contribution in [0.4, 0.5) is 0 Å². The fourth-order valence-electron chi connectivity index (χ4n) is 3.55. The summed E-state index contributed by atoms with van der Waals surface area (Å²) >= 11 is 0. The minimum Gasteiger partial charge on any atom is -0.480 e. The summed E-state index contributed by atoms with van der Waals surface area (Å²) in [5.41, 5.74) is 2.42. The molecule has 1 fully saturated rings. The summed E-state index contributed by atoms with van der Waals surface area (Å²) in [6.07, 6.45) is 2.92. The number of amides is 2. The molecule has 172 valence electrons. The summed E-state index contributed by atoms with van der Waals surface area (Å²) in [7, 11) is -3.42. The molecule has 0 unspecified atom stereocenters. The van der Waals surface area contributed by atoms with Gasteiger partial charge in [0.25, 0.3) is 11.5 Å². The molecule has 14 heteroatoms. The Balaban J connectivity index is 1.88. The molecule has 3 N–H and O–H groups in total. The summed E-state index contributed by atoms with van der Waals surface area (Å²) in [6.45, 7) is 4.54. The van der Waals surface area contributed by atoms with Crippen molar-refractivity contribution >= 4 is 40.3 Å². The van der Waals surface area contributed by atoms with E-state index in [0.717, 1.165) is 28.6 Å². The molecule has 3 rings (SSSR count). The summed E-state index contributed by atoms with van der Waals surface area (Å²) in [4.78, 5) is 52.1. The molecule has 3 heterocycles. The van der Waals surface area contributed by atoms with Crippen LogP contribution in [0.3, 0.4) is 0 Å². The van der Waals surface area contributed by atoms with Gasteiger partial charge in [0, 0.05) is 30.3 Å². The Kier molecular flexibility index (Phi) is 6.16. The molecule has 2 amide bonds. The molecule has 0 radical (unpaired) electrons. The van der Waals surface area contributed by atoms with E-state index in [2.05, 4.69) is 20.6 Å². The van der Waals surface area contributed by atoms with Crippen molar-refractivity contribution in [3.63, 3.8) is 0 Å². The SMILES string of the molecule is CCc1cnn2c(=O)cc(C(=O)N/N=C/[C@@](C)([C@H](C(=O)O)N3C(=O)C[C@H]3C)[SH](=O)=O)[nH]c12. The predicted octanol–water partition coefficient (Wildman–Crippen LogP) is -1.26. The average Bonchev–Trinajstić information content (AvgIpc) is 3.15. The van der Waals surface area contributed by atoms with Crippen LogP contribution < -0.4 is 11.0 Å². The highest BCUT2D eigenvalue weighted by atomic mass is 32.2. The number of hydrazone groups is 1. The third-order valence-corrected chi connectivity index (χ3v) is 6.53. The number of aliphatic carboxylic acids is 1. The zero-order chi connectivity index (χ0) is 23.8. The molecule has 0 aromatic carbocycles. The fourth-order valence-corrected chi connectivity index (χ4v) is 4.14. The number of carboxylic acid groups (broad SMARTS) is 1. The van der Waals surface area contributed by atoms with Crippen LogP contribution in [0.25, 0.3) is 5.65 Å². The van der Waals surface area contributed by atoms with Crippen LogP contribution in [0.2, 0.25) is 0 Å². The maximum Gasteiger partial charge on any atom is 0.328 e. The van der Waals surface area contributed by atoms with Crippen molar-refractivity contribution in [2.75, 3.05) is 0 Å². The normalized spacial score (nSPS) is 19.2. The van der Waals surface area contributed by atoms with Gasteiger partial charge in [-0.1, -0.05) is 6.92 Å². The highest BCUT2D eigenvalue weighted by molar-refractivity contribution is 7.75. The number of fused-ring (bicyclic) bond motifs is 1. The van der Waals surface area contributed by atoms with Gasteiger partial charge in [0.2, 0.25) is 5.91 Å². The van der Waals surface area contributed by atoms with E-state index in [9.17, 15) is 32.7 Å². The van der Waals surface area contributed by atoms with E-state index >= 15 is 0 Å². The maximum absolute atomic E-state index is 12.5. The molecule has 1 saturated heterocycles. The number of aryl methyl sites for hydroxylation is 1. The monoisotopic (exact) mass is 466 g/mol. The second kappa shape index (κ2) is 8.53. The van der Waals surface area contributed by atoms with E-state index < -0.39 is 50.9 Å². The van der Waals surface area contributed by atoms with Gasteiger partial charge in [-0.25, -0.2) is 18.6 Å². The Labute approximate surface area is 183 Å². The number of thiol groups is 1. The molecule has 1 aliphatic heterocycles. The van der Waals surface area contributed by atoms with Crippen LogP contribution in [0, 0.1) is 0 Å². The van der Waals surface area contributed by atoms with E-state index in [0.29, 0.717) is 17.6 Å². The number of nitrogens with one attached hydrogen (secondary N) is 2. The van der Waals surface area contributed by atoms with E-state index in [1.165, 1.54) is 6.20 Å². The number of aromatic amines is 1. The Morgan fingerprint density at radius 2 is 2.16 bits per heavy atom. The molecular formula is C18H22N6O7S. The molecule has 2 aromatic heterocycles. The van der Waals surface area contributed by atoms with Gasteiger partial charge in [-0.05, 0) is 20.3 Å². The number of nitrogens with zero attached hydrogens (tertiary/aromatic N) is 4. The number of carbonyl (C=O) groups is 3. The number of carboxylic acids is 1. The molecule has 0 bridgehead atoms. The number of carbonyl (C=O) groups excluding carboxylic acids is 2. The van der Waals surface area contributed by atoms with E-state index in [1.807, 2.05) is 6.92 Å². The summed E-state index contributed by atoms with van der Waals surface area (Å²) in [5.74, 6) is -2.87. The number of hydrogen-bond donors (Lipinski definition) is 4. The predicted molar refractivity (Wildman–Crippen MR) is 112 cm³/mol. The molecule has 32 heavy (non-hydrogen) atoms. The third kappa shape index (κ3) is 3.88. The number of β-lactam (4-membered cyclic amide) rings is 1. The first-order chi connectivity index (χ1) is 15.0. The Morgan fingerprint density at radius 3 is 2.69 bits per heavy atom. The zero-order valence-electron chi connectivity index (χ0n) is 17.4. The molecule has 0 aliphatic carbocycles. The molecular weight excluding hydrogens is 444 g/mol. The quantitative estimate of drug-likeness (QED) is 0.161. The second-order valence-electron chi connectivity index (χ2n) is 7.58. The van der Waals surface area contributed by atoms with Crippen molar-refractivity contribution in [2.24, 2.45) is 5.10 Å². The van der Waals surface area contributed by atoms with Gasteiger partial charge in [-0.3, -0.25) is 14.4 Å². The van der Waals surface area contributed by atoms with Crippen molar-refractivity contribution < 1.29 is 27.9 Å². The molecule has 13 nitrogen and oxygen atoms in total. The molecule has 0 spiro atoms. The Bertz CT molecular complexity index is 1250. The highest BCUT2D eigenvalue weighted by Gasteiger charge is 2.52. The van der Waals surface area contributed by atoms with E-state index in [1.54, 1.807) is 6.92 Å². The lowest BCUT2D eigenvalue weighted by Crippen LogP contribution is -2.66. The van der Waals surface area contributed by atoms with Crippen molar-refractivity contribution in [1.82, 2.24) is 24.9 Å². The van der Waals surface area contributed by atoms with Crippen LogP contribution in [-0.2, 0) is 26.7 Å². The van der Waals surface area contributed by atoms with Crippen LogP contribution in [0.15, 0.2) is 22.2 Å². The molecule has 0 saturated carbocycles. The summed E-state index contributed by atoms with van der Waals surface area (Å²) in [6, 6.07) is -1.19. The fraction of sp³-hybridized carbons (Fsp3) is 0.444. The summed E-state index contributed by atoms with van der Waals surface area (Å²) in [5, 5.41) is 17.2. The number of likely N-dealkylation sites (tertiary alicyclic amines) is 1.